The van der Waals surface area contributed by atoms with E-state index in [0.717, 1.165) is 10.7 Å². The standard InChI is InChI=1S/C9H13NOS/c1-6(2)9(11)4-8-5-12-7(3)10-8/h5-6H,4H2,1-3H3. The fourth-order valence-corrected chi connectivity index (χ4v) is 1.48. The van der Waals surface area contributed by atoms with Crippen molar-refractivity contribution < 1.29 is 4.79 Å². The Kier molecular flexibility index (Phi) is 2.98. The lowest BCUT2D eigenvalue weighted by molar-refractivity contribution is -0.121. The minimum Gasteiger partial charge on any atom is -0.299 e. The maximum atomic E-state index is 11.3. The molecule has 0 aliphatic rings. The van der Waals surface area contributed by atoms with Crippen LogP contribution in [-0.2, 0) is 11.2 Å². The first kappa shape index (κ1) is 9.39. The molecule has 0 spiro atoms. The molecular formula is C9H13NOS. The monoisotopic (exact) mass is 183 g/mol. The van der Waals surface area contributed by atoms with E-state index < -0.39 is 0 Å². The third kappa shape index (κ3) is 2.41. The Labute approximate surface area is 76.6 Å². The Balaban J connectivity index is 2.58. The highest BCUT2D eigenvalue weighted by Gasteiger charge is 2.09. The smallest absolute Gasteiger partial charge is 0.141 e. The number of hydrogen-bond donors (Lipinski definition) is 0. The number of carbonyl (C=O) groups is 1. The van der Waals surface area contributed by atoms with Crippen LogP contribution in [0.25, 0.3) is 0 Å². The van der Waals surface area contributed by atoms with Gasteiger partial charge in [-0.1, -0.05) is 13.8 Å². The summed E-state index contributed by atoms with van der Waals surface area (Å²) in [4.78, 5) is 15.5. The number of aryl methyl sites for hydroxylation is 1. The van der Waals surface area contributed by atoms with E-state index in [0.29, 0.717) is 6.42 Å². The van der Waals surface area contributed by atoms with Crippen LogP contribution in [0.5, 0.6) is 0 Å². The van der Waals surface area contributed by atoms with Gasteiger partial charge in [0.2, 0.25) is 0 Å². The van der Waals surface area contributed by atoms with Crippen molar-refractivity contribution in [2.45, 2.75) is 27.2 Å². The van der Waals surface area contributed by atoms with Gasteiger partial charge in [0, 0.05) is 17.7 Å². The highest BCUT2D eigenvalue weighted by atomic mass is 32.1. The molecule has 1 aromatic rings. The summed E-state index contributed by atoms with van der Waals surface area (Å²) in [6.07, 6.45) is 0.488. The molecular weight excluding hydrogens is 170 g/mol. The molecule has 0 saturated carbocycles. The lowest BCUT2D eigenvalue weighted by atomic mass is 10.1. The molecule has 0 saturated heterocycles. The first-order valence-electron chi connectivity index (χ1n) is 4.03. The zero-order valence-corrected chi connectivity index (χ0v) is 8.44. The number of thiazole rings is 1. The molecule has 0 aromatic carbocycles. The summed E-state index contributed by atoms with van der Waals surface area (Å²) in [6, 6.07) is 0. The number of Topliss-reactive ketones (excluding diaryl/α,β-unsaturated/α-hetero) is 1. The lowest BCUT2D eigenvalue weighted by Crippen LogP contribution is -2.10. The maximum absolute atomic E-state index is 11.3. The SMILES string of the molecule is Cc1nc(CC(=O)C(C)C)cs1. The normalized spacial score (nSPS) is 10.7. The Morgan fingerprint density at radius 3 is 2.75 bits per heavy atom. The van der Waals surface area contributed by atoms with Crippen LogP contribution in [0.3, 0.4) is 0 Å². The van der Waals surface area contributed by atoms with Crippen LogP contribution in [0.1, 0.15) is 24.5 Å². The van der Waals surface area contributed by atoms with Crippen LogP contribution in [0.2, 0.25) is 0 Å². The van der Waals surface area contributed by atoms with Crippen LogP contribution in [0, 0.1) is 12.8 Å². The summed E-state index contributed by atoms with van der Waals surface area (Å²) in [5.41, 5.74) is 0.913. The van der Waals surface area contributed by atoms with Crippen molar-refractivity contribution in [1.82, 2.24) is 4.98 Å². The maximum Gasteiger partial charge on any atom is 0.141 e. The molecule has 1 heterocycles. The minimum atomic E-state index is 0.118. The molecule has 0 aliphatic heterocycles. The fourth-order valence-electron chi connectivity index (χ4n) is 0.872. The van der Waals surface area contributed by atoms with Gasteiger partial charge in [-0.25, -0.2) is 4.98 Å². The van der Waals surface area contributed by atoms with Gasteiger partial charge in [0.05, 0.1) is 10.7 Å². The van der Waals surface area contributed by atoms with Crippen molar-refractivity contribution in [3.63, 3.8) is 0 Å². The Bertz CT molecular complexity index is 278. The molecule has 0 fully saturated rings. The molecule has 12 heavy (non-hydrogen) atoms. The van der Waals surface area contributed by atoms with E-state index in [4.69, 9.17) is 0 Å². The van der Waals surface area contributed by atoms with E-state index >= 15 is 0 Å². The summed E-state index contributed by atoms with van der Waals surface area (Å²) < 4.78 is 0. The van der Waals surface area contributed by atoms with Crippen LogP contribution in [0.15, 0.2) is 5.38 Å². The Hall–Kier alpha value is -0.700. The molecule has 0 atom stereocenters. The van der Waals surface area contributed by atoms with Crippen molar-refractivity contribution in [2.75, 3.05) is 0 Å². The molecule has 2 nitrogen and oxygen atoms in total. The van der Waals surface area contributed by atoms with Crippen LogP contribution < -0.4 is 0 Å². The van der Waals surface area contributed by atoms with Gasteiger partial charge >= 0.3 is 0 Å². The van der Waals surface area contributed by atoms with Gasteiger partial charge in [0.1, 0.15) is 5.78 Å². The van der Waals surface area contributed by atoms with Gasteiger partial charge < -0.3 is 0 Å². The number of carbonyl (C=O) groups excluding carboxylic acids is 1. The Morgan fingerprint density at radius 2 is 2.33 bits per heavy atom. The fraction of sp³-hybridized carbons (Fsp3) is 0.556. The van der Waals surface area contributed by atoms with Crippen molar-refractivity contribution >= 4 is 17.1 Å². The average molecular weight is 183 g/mol. The second-order valence-electron chi connectivity index (χ2n) is 3.16. The second kappa shape index (κ2) is 3.81. The summed E-state index contributed by atoms with van der Waals surface area (Å²) in [6.45, 7) is 5.79. The summed E-state index contributed by atoms with van der Waals surface area (Å²) in [5.74, 6) is 0.382. The zero-order valence-electron chi connectivity index (χ0n) is 7.63. The van der Waals surface area contributed by atoms with E-state index in [1.165, 1.54) is 0 Å². The van der Waals surface area contributed by atoms with Gasteiger partial charge in [0.25, 0.3) is 0 Å². The van der Waals surface area contributed by atoms with Crippen LogP contribution in [-0.4, -0.2) is 10.8 Å². The van der Waals surface area contributed by atoms with Gasteiger partial charge in [-0.05, 0) is 6.92 Å². The third-order valence-corrected chi connectivity index (χ3v) is 2.49. The molecule has 1 rings (SSSR count). The first-order chi connectivity index (χ1) is 5.59. The molecule has 3 heteroatoms. The molecule has 0 N–H and O–H groups in total. The summed E-state index contributed by atoms with van der Waals surface area (Å²) >= 11 is 1.59. The molecule has 66 valence electrons. The topological polar surface area (TPSA) is 30.0 Å². The molecule has 0 amide bonds. The summed E-state index contributed by atoms with van der Waals surface area (Å²) in [7, 11) is 0. The minimum absolute atomic E-state index is 0.118. The number of nitrogens with zero attached hydrogens (tertiary/aromatic N) is 1. The molecule has 1 aromatic heterocycles. The van der Waals surface area contributed by atoms with E-state index in [9.17, 15) is 4.79 Å². The van der Waals surface area contributed by atoms with Crippen molar-refractivity contribution in [3.05, 3.63) is 16.1 Å². The Morgan fingerprint density at radius 1 is 1.67 bits per heavy atom. The molecule has 0 radical (unpaired) electrons. The van der Waals surface area contributed by atoms with E-state index in [1.54, 1.807) is 11.3 Å². The van der Waals surface area contributed by atoms with E-state index in [-0.39, 0.29) is 11.7 Å². The predicted octanol–water partition coefficient (Wildman–Crippen LogP) is 2.22. The van der Waals surface area contributed by atoms with Crippen molar-refractivity contribution in [3.8, 4) is 0 Å². The number of rotatable bonds is 3. The largest absolute Gasteiger partial charge is 0.299 e. The van der Waals surface area contributed by atoms with E-state index in [2.05, 4.69) is 4.98 Å². The van der Waals surface area contributed by atoms with Gasteiger partial charge in [-0.2, -0.15) is 0 Å². The van der Waals surface area contributed by atoms with E-state index in [1.807, 2.05) is 26.2 Å². The quantitative estimate of drug-likeness (QED) is 0.719. The third-order valence-electron chi connectivity index (χ3n) is 1.67. The first-order valence-corrected chi connectivity index (χ1v) is 4.91. The van der Waals surface area contributed by atoms with Gasteiger partial charge in [-0.15, -0.1) is 11.3 Å². The van der Waals surface area contributed by atoms with Crippen LogP contribution >= 0.6 is 11.3 Å². The van der Waals surface area contributed by atoms with Crippen molar-refractivity contribution in [2.24, 2.45) is 5.92 Å². The number of aromatic nitrogens is 1. The summed E-state index contributed by atoms with van der Waals surface area (Å²) in [5, 5.41) is 2.98. The van der Waals surface area contributed by atoms with Crippen molar-refractivity contribution in [1.29, 1.82) is 0 Å². The highest BCUT2D eigenvalue weighted by Crippen LogP contribution is 2.10. The van der Waals surface area contributed by atoms with Crippen LogP contribution in [0.4, 0.5) is 0 Å². The molecule has 0 bridgehead atoms. The van der Waals surface area contributed by atoms with Gasteiger partial charge in [0.15, 0.2) is 0 Å². The molecule has 0 aliphatic carbocycles. The number of ketones is 1. The molecule has 0 unspecified atom stereocenters. The van der Waals surface area contributed by atoms with Gasteiger partial charge in [-0.3, -0.25) is 4.79 Å². The second-order valence-corrected chi connectivity index (χ2v) is 4.22. The lowest BCUT2D eigenvalue weighted by Gasteiger charge is -1.99. The average Bonchev–Trinajstić information content (AvgIpc) is 2.35. The number of hydrogen-bond acceptors (Lipinski definition) is 3. The highest BCUT2D eigenvalue weighted by molar-refractivity contribution is 7.09. The predicted molar refractivity (Wildman–Crippen MR) is 50.4 cm³/mol. The zero-order chi connectivity index (χ0) is 9.14.